The Kier molecular flexibility index (Phi) is 4.87. The van der Waals surface area contributed by atoms with Gasteiger partial charge in [-0.2, -0.15) is 4.98 Å². The molecule has 0 unspecified atom stereocenters. The number of carbonyl (C=O) groups is 1. The highest BCUT2D eigenvalue weighted by atomic mass is 16.3. The van der Waals surface area contributed by atoms with E-state index < -0.39 is 0 Å². The van der Waals surface area contributed by atoms with E-state index in [1.54, 1.807) is 4.52 Å². The molecule has 2 amide bonds. The predicted octanol–water partition coefficient (Wildman–Crippen LogP) is 4.04. The Morgan fingerprint density at radius 3 is 2.48 bits per heavy atom. The predicted molar refractivity (Wildman–Crippen MR) is 112 cm³/mol. The van der Waals surface area contributed by atoms with E-state index in [1.165, 1.54) is 0 Å². The van der Waals surface area contributed by atoms with Gasteiger partial charge < -0.3 is 10.4 Å². The van der Waals surface area contributed by atoms with E-state index in [1.807, 2.05) is 74.6 Å². The number of urea groups is 1. The first kappa shape index (κ1) is 18.5. The summed E-state index contributed by atoms with van der Waals surface area (Å²) in [4.78, 5) is 16.5. The molecule has 0 saturated carbocycles. The van der Waals surface area contributed by atoms with Gasteiger partial charge in [0.15, 0.2) is 5.65 Å². The third kappa shape index (κ3) is 4.03. The maximum Gasteiger partial charge on any atom is 0.321 e. The van der Waals surface area contributed by atoms with Crippen molar-refractivity contribution in [3.05, 3.63) is 77.5 Å². The molecule has 3 N–H and O–H groups in total. The molecular weight excluding hydrogens is 366 g/mol. The summed E-state index contributed by atoms with van der Waals surface area (Å²) in [6.07, 6.45) is 1.85. The van der Waals surface area contributed by atoms with Crippen molar-refractivity contribution in [2.75, 3.05) is 5.32 Å². The van der Waals surface area contributed by atoms with Crippen LogP contribution in [-0.4, -0.2) is 25.7 Å². The summed E-state index contributed by atoms with van der Waals surface area (Å²) in [6, 6.07) is 16.9. The lowest BCUT2D eigenvalue weighted by Gasteiger charge is -2.08. The molecule has 0 spiro atoms. The average Bonchev–Trinajstić information content (AvgIpc) is 3.12. The number of nitrogens with one attached hydrogen (secondary N) is 2. The maximum atomic E-state index is 12.1. The van der Waals surface area contributed by atoms with Crippen molar-refractivity contribution in [3.8, 4) is 16.9 Å². The second-order valence-corrected chi connectivity index (χ2v) is 6.91. The third-order valence-electron chi connectivity index (χ3n) is 4.68. The minimum atomic E-state index is -0.366. The highest BCUT2D eigenvalue weighted by Crippen LogP contribution is 2.29. The Morgan fingerprint density at radius 2 is 1.76 bits per heavy atom. The molecule has 7 heteroatoms. The van der Waals surface area contributed by atoms with Crippen molar-refractivity contribution in [3.63, 3.8) is 0 Å². The molecule has 0 saturated heterocycles. The first-order valence-electron chi connectivity index (χ1n) is 9.25. The van der Waals surface area contributed by atoms with E-state index in [0.29, 0.717) is 17.9 Å². The zero-order chi connectivity index (χ0) is 20.4. The van der Waals surface area contributed by atoms with Gasteiger partial charge in [0.2, 0.25) is 0 Å². The summed E-state index contributed by atoms with van der Waals surface area (Å²) in [6.45, 7) is 4.16. The van der Waals surface area contributed by atoms with Gasteiger partial charge in [0.05, 0.1) is 0 Å². The summed E-state index contributed by atoms with van der Waals surface area (Å²) >= 11 is 0. The van der Waals surface area contributed by atoms with Crippen molar-refractivity contribution in [1.29, 1.82) is 0 Å². The molecule has 0 fully saturated rings. The molecule has 4 aromatic rings. The zero-order valence-electron chi connectivity index (χ0n) is 16.2. The van der Waals surface area contributed by atoms with Crippen molar-refractivity contribution in [1.82, 2.24) is 19.9 Å². The largest absolute Gasteiger partial charge is 0.507 e. The maximum absolute atomic E-state index is 12.1. The van der Waals surface area contributed by atoms with E-state index in [2.05, 4.69) is 20.7 Å². The van der Waals surface area contributed by atoms with Crippen LogP contribution in [-0.2, 0) is 6.54 Å². The van der Waals surface area contributed by atoms with Crippen LogP contribution in [0.4, 0.5) is 10.7 Å². The number of aryl methyl sites for hydroxylation is 2. The van der Waals surface area contributed by atoms with Gasteiger partial charge in [-0.3, -0.25) is 5.32 Å². The summed E-state index contributed by atoms with van der Waals surface area (Å²) in [5.41, 5.74) is 5.18. The van der Waals surface area contributed by atoms with Crippen molar-refractivity contribution in [2.24, 2.45) is 0 Å². The Labute approximate surface area is 168 Å². The normalized spacial score (nSPS) is 10.8. The minimum absolute atomic E-state index is 0.228. The van der Waals surface area contributed by atoms with Crippen LogP contribution in [0.15, 0.2) is 60.8 Å². The molecule has 0 radical (unpaired) electrons. The number of aromatic nitrogens is 3. The number of aromatic hydroxyl groups is 1. The zero-order valence-corrected chi connectivity index (χ0v) is 16.2. The van der Waals surface area contributed by atoms with Gasteiger partial charge in [-0.1, -0.05) is 30.3 Å². The van der Waals surface area contributed by atoms with Gasteiger partial charge >= 0.3 is 6.03 Å². The van der Waals surface area contributed by atoms with Gasteiger partial charge in [-0.15, -0.1) is 5.10 Å². The van der Waals surface area contributed by atoms with E-state index >= 15 is 0 Å². The van der Waals surface area contributed by atoms with Crippen LogP contribution in [0.1, 0.15) is 16.7 Å². The van der Waals surface area contributed by atoms with E-state index in [0.717, 1.165) is 27.8 Å². The first-order valence-corrected chi connectivity index (χ1v) is 9.25. The summed E-state index contributed by atoms with van der Waals surface area (Å²) in [5, 5.41) is 19.8. The van der Waals surface area contributed by atoms with Crippen molar-refractivity contribution < 1.29 is 9.90 Å². The van der Waals surface area contributed by atoms with Gasteiger partial charge in [-0.25, -0.2) is 9.31 Å². The van der Waals surface area contributed by atoms with Gasteiger partial charge in [-0.05, 0) is 60.4 Å². The standard InChI is InChI=1S/C22H21N5O2/c1-14-10-18(11-15(2)20(14)28)17-8-9-19-24-21(26-27(19)13-17)25-22(29)23-12-16-6-4-3-5-7-16/h3-11,13,28H,12H2,1-2H3,(H2,23,25,26,29). The number of amides is 2. The number of anilines is 1. The number of phenolic OH excluding ortho intramolecular Hbond substituents is 1. The lowest BCUT2D eigenvalue weighted by Crippen LogP contribution is -2.28. The Balaban J connectivity index is 1.50. The number of carbonyl (C=O) groups excluding carboxylic acids is 1. The van der Waals surface area contributed by atoms with E-state index in [-0.39, 0.29) is 12.0 Å². The Morgan fingerprint density at radius 1 is 1.03 bits per heavy atom. The molecule has 0 bridgehead atoms. The van der Waals surface area contributed by atoms with Crippen molar-refractivity contribution in [2.45, 2.75) is 20.4 Å². The molecule has 0 atom stereocenters. The highest BCUT2D eigenvalue weighted by Gasteiger charge is 2.10. The Bertz CT molecular complexity index is 1160. The number of hydrogen-bond acceptors (Lipinski definition) is 4. The van der Waals surface area contributed by atoms with E-state index in [4.69, 9.17) is 0 Å². The topological polar surface area (TPSA) is 91.5 Å². The molecule has 4 rings (SSSR count). The number of rotatable bonds is 4. The molecule has 0 aliphatic heterocycles. The molecule has 0 aliphatic carbocycles. The number of benzene rings is 2. The van der Waals surface area contributed by atoms with Crippen LogP contribution in [0, 0.1) is 13.8 Å². The SMILES string of the molecule is Cc1cc(-c2ccc3nc(NC(=O)NCc4ccccc4)nn3c2)cc(C)c1O. The number of pyridine rings is 1. The minimum Gasteiger partial charge on any atom is -0.507 e. The fourth-order valence-corrected chi connectivity index (χ4v) is 3.15. The van der Waals surface area contributed by atoms with Crippen molar-refractivity contribution >= 4 is 17.6 Å². The number of nitrogens with zero attached hydrogens (tertiary/aromatic N) is 3. The molecule has 7 nitrogen and oxygen atoms in total. The summed E-state index contributed by atoms with van der Waals surface area (Å²) in [7, 11) is 0. The second-order valence-electron chi connectivity index (χ2n) is 6.91. The fraction of sp³-hybridized carbons (Fsp3) is 0.136. The quantitative estimate of drug-likeness (QED) is 0.493. The van der Waals surface area contributed by atoms with Gasteiger partial charge in [0.25, 0.3) is 5.95 Å². The number of phenols is 1. The molecule has 2 aromatic carbocycles. The number of fused-ring (bicyclic) bond motifs is 1. The van der Waals surface area contributed by atoms with E-state index in [9.17, 15) is 9.90 Å². The first-order chi connectivity index (χ1) is 14.0. The molecule has 29 heavy (non-hydrogen) atoms. The van der Waals surface area contributed by atoms with Crippen LogP contribution in [0.3, 0.4) is 0 Å². The van der Waals surface area contributed by atoms with Crippen LogP contribution in [0.2, 0.25) is 0 Å². The molecule has 2 aromatic heterocycles. The lowest BCUT2D eigenvalue weighted by molar-refractivity contribution is 0.251. The van der Waals surface area contributed by atoms with Gasteiger partial charge in [0, 0.05) is 18.3 Å². The Hall–Kier alpha value is -3.87. The molecule has 2 heterocycles. The smallest absolute Gasteiger partial charge is 0.321 e. The lowest BCUT2D eigenvalue weighted by atomic mass is 10.0. The number of hydrogen-bond donors (Lipinski definition) is 3. The second kappa shape index (κ2) is 7.63. The molecule has 146 valence electrons. The molecule has 0 aliphatic rings. The van der Waals surface area contributed by atoms with Crippen LogP contribution >= 0.6 is 0 Å². The third-order valence-corrected chi connectivity index (χ3v) is 4.68. The summed E-state index contributed by atoms with van der Waals surface area (Å²) in [5.74, 6) is 0.536. The summed E-state index contributed by atoms with van der Waals surface area (Å²) < 4.78 is 1.62. The molecular formula is C22H21N5O2. The fourth-order valence-electron chi connectivity index (χ4n) is 3.15. The monoisotopic (exact) mass is 387 g/mol. The van der Waals surface area contributed by atoms with Gasteiger partial charge in [0.1, 0.15) is 5.75 Å². The van der Waals surface area contributed by atoms with Crippen LogP contribution < -0.4 is 10.6 Å². The highest BCUT2D eigenvalue weighted by molar-refractivity contribution is 5.87. The van der Waals surface area contributed by atoms with Crippen LogP contribution in [0.25, 0.3) is 16.8 Å². The van der Waals surface area contributed by atoms with Crippen LogP contribution in [0.5, 0.6) is 5.75 Å². The average molecular weight is 387 g/mol.